The van der Waals surface area contributed by atoms with E-state index in [0.29, 0.717) is 0 Å². The number of hydrogen-bond acceptors (Lipinski definition) is 0. The molecule has 14 aromatic rings. The molecule has 0 aliphatic carbocycles. The van der Waals surface area contributed by atoms with Gasteiger partial charge >= 0.3 is 0 Å². The van der Waals surface area contributed by atoms with Crippen LogP contribution < -0.4 is 0 Å². The Morgan fingerprint density at radius 1 is 0.162 bits per heavy atom. The van der Waals surface area contributed by atoms with Gasteiger partial charge in [-0.1, -0.05) is 206 Å². The van der Waals surface area contributed by atoms with E-state index in [1.54, 1.807) is 0 Å². The van der Waals surface area contributed by atoms with E-state index in [4.69, 9.17) is 0 Å². The summed E-state index contributed by atoms with van der Waals surface area (Å²) in [6, 6.07) is 93.7. The number of nitrogens with zero attached hydrogens (tertiary/aromatic N) is 2. The van der Waals surface area contributed by atoms with Crippen LogP contribution in [0.25, 0.3) is 132 Å². The molecule has 0 saturated carbocycles. The molecule has 0 radical (unpaired) electrons. The minimum absolute atomic E-state index is 1.16. The maximum atomic E-state index is 2.38. The molecule has 2 heterocycles. The maximum Gasteiger partial charge on any atom is 0.0541 e. The Balaban J connectivity index is 0.838. The summed E-state index contributed by atoms with van der Waals surface area (Å²) in [5.74, 6) is 0. The zero-order valence-electron chi connectivity index (χ0n) is 37.1. The summed E-state index contributed by atoms with van der Waals surface area (Å²) in [7, 11) is 0. The number of benzene rings is 12. The van der Waals surface area contributed by atoms with Crippen LogP contribution in [0.1, 0.15) is 0 Å². The minimum Gasteiger partial charge on any atom is -0.309 e. The Hall–Kier alpha value is -8.98. The van der Waals surface area contributed by atoms with E-state index in [-0.39, 0.29) is 0 Å². The highest BCUT2D eigenvalue weighted by atomic mass is 15.0. The van der Waals surface area contributed by atoms with Crippen LogP contribution in [-0.2, 0) is 0 Å². The summed E-state index contributed by atoms with van der Waals surface area (Å²) in [5.41, 5.74) is 17.0. The van der Waals surface area contributed by atoms with Gasteiger partial charge in [0.1, 0.15) is 0 Å². The molecule has 68 heavy (non-hydrogen) atoms. The molecule has 0 bridgehead atoms. The van der Waals surface area contributed by atoms with Crippen LogP contribution in [0.5, 0.6) is 0 Å². The average molecular weight is 863 g/mol. The Labute approximate surface area is 393 Å². The van der Waals surface area contributed by atoms with Crippen molar-refractivity contribution in [2.75, 3.05) is 0 Å². The first kappa shape index (κ1) is 38.3. The maximum absolute atomic E-state index is 2.38. The molecule has 0 aliphatic heterocycles. The second-order valence-electron chi connectivity index (χ2n) is 18.0. The third-order valence-electron chi connectivity index (χ3n) is 14.4. The van der Waals surface area contributed by atoms with E-state index < -0.39 is 0 Å². The molecule has 0 unspecified atom stereocenters. The summed E-state index contributed by atoms with van der Waals surface area (Å²) in [5, 5.41) is 12.6. The van der Waals surface area contributed by atoms with Crippen molar-refractivity contribution in [2.45, 2.75) is 0 Å². The molecule has 14 rings (SSSR count). The van der Waals surface area contributed by atoms with Crippen LogP contribution in [0.15, 0.2) is 255 Å². The van der Waals surface area contributed by atoms with Crippen molar-refractivity contribution in [3.8, 4) is 55.9 Å². The van der Waals surface area contributed by atoms with Crippen molar-refractivity contribution in [2.24, 2.45) is 0 Å². The fraction of sp³-hybridized carbons (Fsp3) is 0. The monoisotopic (exact) mass is 862 g/mol. The number of aromatic nitrogens is 2. The normalized spacial score (nSPS) is 11.8. The van der Waals surface area contributed by atoms with Crippen LogP contribution in [0.3, 0.4) is 0 Å². The summed E-state index contributed by atoms with van der Waals surface area (Å²) < 4.78 is 4.77. The highest BCUT2D eigenvalue weighted by Gasteiger charge is 2.18. The van der Waals surface area contributed by atoms with Gasteiger partial charge in [-0.25, -0.2) is 0 Å². The van der Waals surface area contributed by atoms with Crippen molar-refractivity contribution >= 4 is 75.9 Å². The van der Waals surface area contributed by atoms with Gasteiger partial charge in [-0.3, -0.25) is 0 Å². The van der Waals surface area contributed by atoms with E-state index in [1.165, 1.54) is 120 Å². The zero-order chi connectivity index (χ0) is 44.7. The molecule has 0 atom stereocenters. The number of fused-ring (bicyclic) bond motifs is 9. The highest BCUT2D eigenvalue weighted by Crippen LogP contribution is 2.44. The van der Waals surface area contributed by atoms with Gasteiger partial charge in [0.05, 0.1) is 22.1 Å². The van der Waals surface area contributed by atoms with Gasteiger partial charge in [0.2, 0.25) is 0 Å². The fourth-order valence-corrected chi connectivity index (χ4v) is 11.3. The van der Waals surface area contributed by atoms with Crippen molar-refractivity contribution in [1.29, 1.82) is 0 Å². The van der Waals surface area contributed by atoms with Gasteiger partial charge < -0.3 is 9.13 Å². The van der Waals surface area contributed by atoms with Crippen molar-refractivity contribution in [1.82, 2.24) is 9.13 Å². The molecule has 12 aromatic carbocycles. The zero-order valence-corrected chi connectivity index (χ0v) is 37.1. The third kappa shape index (κ3) is 5.84. The quantitative estimate of drug-likeness (QED) is 0.158. The predicted molar refractivity (Wildman–Crippen MR) is 289 cm³/mol. The first-order valence-electron chi connectivity index (χ1n) is 23.5. The molecule has 2 heteroatoms. The molecular weight excluding hydrogens is 821 g/mol. The van der Waals surface area contributed by atoms with Crippen LogP contribution >= 0.6 is 0 Å². The molecule has 0 N–H and O–H groups in total. The smallest absolute Gasteiger partial charge is 0.0541 e. The standard InChI is InChI=1S/C66H42N2/c1-3-17-51-49(15-1)47(43-29-33-45(34-30-43)67-63-25-11-7-21-59(63)60-22-8-12-26-64(60)67)37-39-55(51)57-41-42-58(54-20-6-5-19-53(54)57)56-40-38-48(50-16-2-4-18-52(50)56)44-31-35-46(36-32-44)68-65-27-13-9-23-61(65)62-24-10-14-28-66(62)68/h1-42H. The fourth-order valence-electron chi connectivity index (χ4n) is 11.3. The summed E-state index contributed by atoms with van der Waals surface area (Å²) >= 11 is 0. The van der Waals surface area contributed by atoms with Crippen molar-refractivity contribution in [3.05, 3.63) is 255 Å². The van der Waals surface area contributed by atoms with E-state index >= 15 is 0 Å². The summed E-state index contributed by atoms with van der Waals surface area (Å²) in [6.45, 7) is 0. The third-order valence-corrected chi connectivity index (χ3v) is 14.4. The van der Waals surface area contributed by atoms with Gasteiger partial charge in [-0.2, -0.15) is 0 Å². The van der Waals surface area contributed by atoms with Gasteiger partial charge in [-0.05, 0) is 125 Å². The Bertz CT molecular complexity index is 3910. The minimum atomic E-state index is 1.16. The topological polar surface area (TPSA) is 9.86 Å². The van der Waals surface area contributed by atoms with E-state index in [9.17, 15) is 0 Å². The van der Waals surface area contributed by atoms with Crippen LogP contribution in [0.4, 0.5) is 0 Å². The lowest BCUT2D eigenvalue weighted by atomic mass is 9.86. The van der Waals surface area contributed by atoms with Crippen molar-refractivity contribution in [3.63, 3.8) is 0 Å². The first-order valence-corrected chi connectivity index (χ1v) is 23.5. The Morgan fingerprint density at radius 2 is 0.368 bits per heavy atom. The van der Waals surface area contributed by atoms with Crippen molar-refractivity contribution < 1.29 is 0 Å². The van der Waals surface area contributed by atoms with Gasteiger partial charge in [-0.15, -0.1) is 0 Å². The second-order valence-corrected chi connectivity index (χ2v) is 18.0. The first-order chi connectivity index (χ1) is 33.8. The lowest BCUT2D eigenvalue weighted by Crippen LogP contribution is -1.94. The molecule has 0 spiro atoms. The number of rotatable bonds is 6. The Kier molecular flexibility index (Phi) is 8.62. The molecule has 2 aromatic heterocycles. The number of para-hydroxylation sites is 4. The van der Waals surface area contributed by atoms with Crippen LogP contribution in [0, 0.1) is 0 Å². The largest absolute Gasteiger partial charge is 0.309 e. The number of hydrogen-bond donors (Lipinski definition) is 0. The van der Waals surface area contributed by atoms with E-state index in [0.717, 1.165) is 11.4 Å². The van der Waals surface area contributed by atoms with Crippen LogP contribution in [0.2, 0.25) is 0 Å². The van der Waals surface area contributed by atoms with E-state index in [2.05, 4.69) is 264 Å². The van der Waals surface area contributed by atoms with Gasteiger partial charge in [0, 0.05) is 32.9 Å². The second kappa shape index (κ2) is 15.3. The summed E-state index contributed by atoms with van der Waals surface area (Å²) in [6.07, 6.45) is 0. The van der Waals surface area contributed by atoms with Crippen LogP contribution in [-0.4, -0.2) is 9.13 Å². The lowest BCUT2D eigenvalue weighted by molar-refractivity contribution is 1.18. The average Bonchev–Trinajstić information content (AvgIpc) is 3.93. The molecule has 0 fully saturated rings. The molecule has 0 saturated heterocycles. The lowest BCUT2D eigenvalue weighted by Gasteiger charge is -2.18. The predicted octanol–water partition coefficient (Wildman–Crippen LogP) is 18.0. The SMILES string of the molecule is c1ccc2c(-c3ccc(-c4ccc(-c5ccc(-n6c7ccccc7c7ccccc76)cc5)c5ccccc45)c4ccccc34)ccc(-c3ccc(-n4c5ccccc5c5ccccc54)cc3)c2c1. The highest BCUT2D eigenvalue weighted by molar-refractivity contribution is 6.16. The Morgan fingerprint density at radius 3 is 0.632 bits per heavy atom. The molecule has 0 amide bonds. The van der Waals surface area contributed by atoms with E-state index in [1.807, 2.05) is 0 Å². The van der Waals surface area contributed by atoms with Gasteiger partial charge in [0.15, 0.2) is 0 Å². The molecule has 316 valence electrons. The molecule has 0 aliphatic rings. The molecule has 2 nitrogen and oxygen atoms in total. The van der Waals surface area contributed by atoms with Gasteiger partial charge in [0.25, 0.3) is 0 Å². The molecular formula is C66H42N2. The summed E-state index contributed by atoms with van der Waals surface area (Å²) in [4.78, 5) is 0.